The molecule has 0 spiro atoms. The van der Waals surface area contributed by atoms with E-state index in [1.807, 2.05) is 17.8 Å². The van der Waals surface area contributed by atoms with Crippen LogP contribution in [-0.4, -0.2) is 24.3 Å². The molecule has 0 fully saturated rings. The Bertz CT molecular complexity index is 420. The second-order valence-electron chi connectivity index (χ2n) is 5.18. The molecule has 1 atom stereocenters. The summed E-state index contributed by atoms with van der Waals surface area (Å²) >= 11 is 1.88. The molecule has 0 radical (unpaired) electrons. The molecule has 1 unspecified atom stereocenters. The molecule has 1 heterocycles. The van der Waals surface area contributed by atoms with Crippen LogP contribution in [0.25, 0.3) is 0 Å². The second kappa shape index (κ2) is 5.41. The van der Waals surface area contributed by atoms with Gasteiger partial charge in [-0.2, -0.15) is 11.8 Å². The molecule has 1 aliphatic heterocycles. The summed E-state index contributed by atoms with van der Waals surface area (Å²) in [6.07, 6.45) is 2.15. The SMILES string of the molecule is CSC(C)(C)CNC(C)c1ccc2c(c1)OCO2. The van der Waals surface area contributed by atoms with E-state index >= 15 is 0 Å². The Morgan fingerprint density at radius 3 is 2.78 bits per heavy atom. The zero-order valence-electron chi connectivity index (χ0n) is 11.4. The molecule has 1 N–H and O–H groups in total. The molecule has 0 saturated carbocycles. The lowest BCUT2D eigenvalue weighted by Gasteiger charge is -2.25. The Labute approximate surface area is 113 Å². The minimum absolute atomic E-state index is 0.255. The van der Waals surface area contributed by atoms with Crippen LogP contribution in [0.5, 0.6) is 11.5 Å². The first-order valence-electron chi connectivity index (χ1n) is 6.20. The Balaban J connectivity index is 1.99. The van der Waals surface area contributed by atoms with E-state index in [1.54, 1.807) is 0 Å². The highest BCUT2D eigenvalue weighted by Gasteiger charge is 2.19. The summed E-state index contributed by atoms with van der Waals surface area (Å²) in [5.41, 5.74) is 1.23. The van der Waals surface area contributed by atoms with E-state index in [2.05, 4.69) is 44.5 Å². The van der Waals surface area contributed by atoms with Crippen LogP contribution in [0.2, 0.25) is 0 Å². The second-order valence-corrected chi connectivity index (χ2v) is 6.69. The zero-order chi connectivity index (χ0) is 13.2. The van der Waals surface area contributed by atoms with Crippen LogP contribution >= 0.6 is 11.8 Å². The molecule has 1 aliphatic rings. The lowest BCUT2D eigenvalue weighted by Crippen LogP contribution is -2.33. The first kappa shape index (κ1) is 13.6. The maximum Gasteiger partial charge on any atom is 0.231 e. The molecule has 0 aromatic heterocycles. The van der Waals surface area contributed by atoms with Gasteiger partial charge in [0.05, 0.1) is 0 Å². The molecule has 1 aromatic carbocycles. The normalized spacial score (nSPS) is 15.8. The van der Waals surface area contributed by atoms with Gasteiger partial charge in [0.25, 0.3) is 0 Å². The number of rotatable bonds is 5. The number of ether oxygens (including phenoxy) is 2. The average Bonchev–Trinajstić information content (AvgIpc) is 2.83. The summed E-state index contributed by atoms with van der Waals surface area (Å²) < 4.78 is 11.0. The Morgan fingerprint density at radius 2 is 2.06 bits per heavy atom. The fourth-order valence-corrected chi connectivity index (χ4v) is 2.00. The first-order valence-corrected chi connectivity index (χ1v) is 7.42. The molecule has 100 valence electrons. The van der Waals surface area contributed by atoms with Crippen LogP contribution in [0.3, 0.4) is 0 Å². The van der Waals surface area contributed by atoms with Gasteiger partial charge in [-0.25, -0.2) is 0 Å². The highest BCUT2D eigenvalue weighted by Crippen LogP contribution is 2.34. The lowest BCUT2D eigenvalue weighted by molar-refractivity contribution is 0.174. The number of benzene rings is 1. The van der Waals surface area contributed by atoms with Crippen molar-refractivity contribution < 1.29 is 9.47 Å². The summed E-state index contributed by atoms with van der Waals surface area (Å²) in [6, 6.07) is 6.45. The summed E-state index contributed by atoms with van der Waals surface area (Å²) in [4.78, 5) is 0. The van der Waals surface area contributed by atoms with Crippen LogP contribution in [0.15, 0.2) is 18.2 Å². The van der Waals surface area contributed by atoms with E-state index in [1.165, 1.54) is 5.56 Å². The summed E-state index contributed by atoms with van der Waals surface area (Å²) in [5.74, 6) is 1.70. The summed E-state index contributed by atoms with van der Waals surface area (Å²) in [7, 11) is 0. The number of hydrogen-bond donors (Lipinski definition) is 1. The standard InChI is InChI=1S/C14H21NO2S/c1-10(15-8-14(2,3)18-4)11-5-6-12-13(7-11)17-9-16-12/h5-7,10,15H,8-9H2,1-4H3. The third-order valence-corrected chi connectivity index (χ3v) is 4.53. The van der Waals surface area contributed by atoms with Crippen molar-refractivity contribution in [2.24, 2.45) is 0 Å². The Morgan fingerprint density at radius 1 is 1.33 bits per heavy atom. The molecule has 0 amide bonds. The fourth-order valence-electron chi connectivity index (χ4n) is 1.77. The highest BCUT2D eigenvalue weighted by atomic mass is 32.2. The number of hydrogen-bond acceptors (Lipinski definition) is 4. The molecule has 4 heteroatoms. The van der Waals surface area contributed by atoms with E-state index < -0.39 is 0 Å². The van der Waals surface area contributed by atoms with Crippen molar-refractivity contribution in [2.45, 2.75) is 31.6 Å². The van der Waals surface area contributed by atoms with E-state index in [0.29, 0.717) is 12.8 Å². The molecular weight excluding hydrogens is 246 g/mol. The minimum Gasteiger partial charge on any atom is -0.454 e. The molecule has 0 aliphatic carbocycles. The van der Waals surface area contributed by atoms with Crippen molar-refractivity contribution in [1.82, 2.24) is 5.32 Å². The Kier molecular flexibility index (Phi) is 4.07. The monoisotopic (exact) mass is 267 g/mol. The molecule has 0 saturated heterocycles. The topological polar surface area (TPSA) is 30.5 Å². The van der Waals surface area contributed by atoms with Gasteiger partial charge in [0.15, 0.2) is 11.5 Å². The maximum atomic E-state index is 5.40. The summed E-state index contributed by atoms with van der Waals surface area (Å²) in [6.45, 7) is 7.98. The third kappa shape index (κ3) is 3.12. The quantitative estimate of drug-likeness (QED) is 0.887. The van der Waals surface area contributed by atoms with Crippen LogP contribution in [0, 0.1) is 0 Å². The van der Waals surface area contributed by atoms with Crippen LogP contribution in [-0.2, 0) is 0 Å². The van der Waals surface area contributed by atoms with Gasteiger partial charge < -0.3 is 14.8 Å². The fraction of sp³-hybridized carbons (Fsp3) is 0.571. The minimum atomic E-state index is 0.255. The lowest BCUT2D eigenvalue weighted by atomic mass is 10.1. The highest BCUT2D eigenvalue weighted by molar-refractivity contribution is 7.99. The number of fused-ring (bicyclic) bond motifs is 1. The average molecular weight is 267 g/mol. The van der Waals surface area contributed by atoms with Crippen LogP contribution < -0.4 is 14.8 Å². The predicted molar refractivity (Wildman–Crippen MR) is 76.6 cm³/mol. The third-order valence-electron chi connectivity index (χ3n) is 3.28. The predicted octanol–water partition coefficient (Wildman–Crippen LogP) is 3.21. The van der Waals surface area contributed by atoms with Crippen molar-refractivity contribution in [1.29, 1.82) is 0 Å². The molecule has 0 bridgehead atoms. The van der Waals surface area contributed by atoms with Gasteiger partial charge >= 0.3 is 0 Å². The van der Waals surface area contributed by atoms with Crippen LogP contribution in [0.1, 0.15) is 32.4 Å². The van der Waals surface area contributed by atoms with Gasteiger partial charge in [0.2, 0.25) is 6.79 Å². The van der Waals surface area contributed by atoms with Crippen LogP contribution in [0.4, 0.5) is 0 Å². The largest absolute Gasteiger partial charge is 0.454 e. The number of thioether (sulfide) groups is 1. The first-order chi connectivity index (χ1) is 8.52. The molecule has 18 heavy (non-hydrogen) atoms. The summed E-state index contributed by atoms with van der Waals surface area (Å²) in [5, 5.41) is 3.56. The van der Waals surface area contributed by atoms with Gasteiger partial charge in [-0.05, 0) is 44.7 Å². The van der Waals surface area contributed by atoms with E-state index in [-0.39, 0.29) is 4.75 Å². The van der Waals surface area contributed by atoms with Gasteiger partial charge in [-0.1, -0.05) is 6.07 Å². The molecular formula is C14H21NO2S. The molecule has 1 aromatic rings. The van der Waals surface area contributed by atoms with Gasteiger partial charge in [0.1, 0.15) is 0 Å². The van der Waals surface area contributed by atoms with E-state index in [0.717, 1.165) is 18.0 Å². The van der Waals surface area contributed by atoms with Crippen molar-refractivity contribution in [3.63, 3.8) is 0 Å². The van der Waals surface area contributed by atoms with Crippen molar-refractivity contribution >= 4 is 11.8 Å². The van der Waals surface area contributed by atoms with E-state index in [9.17, 15) is 0 Å². The number of nitrogens with one attached hydrogen (secondary N) is 1. The molecule has 2 rings (SSSR count). The Hall–Kier alpha value is -0.870. The zero-order valence-corrected chi connectivity index (χ0v) is 12.3. The molecule has 3 nitrogen and oxygen atoms in total. The van der Waals surface area contributed by atoms with Gasteiger partial charge in [-0.15, -0.1) is 0 Å². The van der Waals surface area contributed by atoms with E-state index in [4.69, 9.17) is 9.47 Å². The smallest absolute Gasteiger partial charge is 0.231 e. The van der Waals surface area contributed by atoms with Crippen molar-refractivity contribution in [2.75, 3.05) is 19.6 Å². The van der Waals surface area contributed by atoms with Crippen molar-refractivity contribution in [3.05, 3.63) is 23.8 Å². The maximum absolute atomic E-state index is 5.40. The van der Waals surface area contributed by atoms with Gasteiger partial charge in [0, 0.05) is 17.3 Å². The van der Waals surface area contributed by atoms with Crippen molar-refractivity contribution in [3.8, 4) is 11.5 Å². The van der Waals surface area contributed by atoms with Gasteiger partial charge in [-0.3, -0.25) is 0 Å².